The lowest BCUT2D eigenvalue weighted by atomic mass is 10.0. The molecule has 0 radical (unpaired) electrons. The van der Waals surface area contributed by atoms with Crippen LogP contribution in [0.1, 0.15) is 65.0 Å². The van der Waals surface area contributed by atoms with Crippen LogP contribution >= 0.6 is 0 Å². The first-order chi connectivity index (χ1) is 11.6. The van der Waals surface area contributed by atoms with Gasteiger partial charge in [-0.1, -0.05) is 6.07 Å². The molecule has 1 saturated heterocycles. The van der Waals surface area contributed by atoms with E-state index in [0.717, 1.165) is 43.6 Å². The molecule has 5 nitrogen and oxygen atoms in total. The lowest BCUT2D eigenvalue weighted by Crippen LogP contribution is -2.32. The van der Waals surface area contributed by atoms with Gasteiger partial charge in [0.05, 0.1) is 11.7 Å². The smallest absolute Gasteiger partial charge is 0.273 e. The standard InChI is InChI=1S/C19H24N4O/c1-13-9-10-15(20-12-13)19(24)23-11-5-8-17(23)18-21-14-6-3-4-7-16(14)22(18)2/h9-10,12,17H,3-8,11H2,1-2H3. The number of fused-ring (bicyclic) bond motifs is 1. The molecule has 0 spiro atoms. The number of likely N-dealkylation sites (tertiary alicyclic amines) is 1. The number of hydrogen-bond acceptors (Lipinski definition) is 3. The van der Waals surface area contributed by atoms with Gasteiger partial charge in [0.1, 0.15) is 11.5 Å². The predicted octanol–water partition coefficient (Wildman–Crippen LogP) is 2.98. The number of carbonyl (C=O) groups is 1. The van der Waals surface area contributed by atoms with Gasteiger partial charge in [-0.3, -0.25) is 9.78 Å². The molecule has 1 fully saturated rings. The van der Waals surface area contributed by atoms with E-state index in [-0.39, 0.29) is 11.9 Å². The van der Waals surface area contributed by atoms with E-state index in [2.05, 4.69) is 16.6 Å². The summed E-state index contributed by atoms with van der Waals surface area (Å²) in [4.78, 5) is 24.1. The molecule has 3 heterocycles. The van der Waals surface area contributed by atoms with Crippen molar-refractivity contribution in [1.29, 1.82) is 0 Å². The van der Waals surface area contributed by atoms with Gasteiger partial charge in [0.15, 0.2) is 0 Å². The van der Waals surface area contributed by atoms with E-state index in [0.29, 0.717) is 5.69 Å². The molecular formula is C19H24N4O. The largest absolute Gasteiger partial charge is 0.333 e. The second kappa shape index (κ2) is 6.04. The van der Waals surface area contributed by atoms with Crippen LogP contribution < -0.4 is 0 Å². The third-order valence-electron chi connectivity index (χ3n) is 5.35. The lowest BCUT2D eigenvalue weighted by Gasteiger charge is -2.24. The highest BCUT2D eigenvalue weighted by Crippen LogP contribution is 2.34. The molecule has 1 unspecified atom stereocenters. The summed E-state index contributed by atoms with van der Waals surface area (Å²) in [6, 6.07) is 3.86. The molecule has 2 aliphatic rings. The van der Waals surface area contributed by atoms with Crippen LogP contribution in [-0.2, 0) is 19.9 Å². The maximum absolute atomic E-state index is 12.9. The maximum Gasteiger partial charge on any atom is 0.273 e. The third-order valence-corrected chi connectivity index (χ3v) is 5.35. The molecule has 24 heavy (non-hydrogen) atoms. The predicted molar refractivity (Wildman–Crippen MR) is 91.8 cm³/mol. The van der Waals surface area contributed by atoms with Crippen molar-refractivity contribution in [2.24, 2.45) is 7.05 Å². The summed E-state index contributed by atoms with van der Waals surface area (Å²) in [6.45, 7) is 2.77. The number of carbonyl (C=O) groups excluding carboxylic acids is 1. The molecule has 1 aliphatic heterocycles. The minimum Gasteiger partial charge on any atom is -0.333 e. The van der Waals surface area contributed by atoms with Crippen molar-refractivity contribution >= 4 is 5.91 Å². The summed E-state index contributed by atoms with van der Waals surface area (Å²) in [5, 5.41) is 0. The monoisotopic (exact) mass is 324 g/mol. The Balaban J connectivity index is 1.64. The van der Waals surface area contributed by atoms with E-state index >= 15 is 0 Å². The lowest BCUT2D eigenvalue weighted by molar-refractivity contribution is 0.0722. The van der Waals surface area contributed by atoms with Crippen LogP contribution in [0.15, 0.2) is 18.3 Å². The Bertz CT molecular complexity index is 762. The molecule has 1 aliphatic carbocycles. The van der Waals surface area contributed by atoms with Crippen molar-refractivity contribution in [1.82, 2.24) is 19.4 Å². The van der Waals surface area contributed by atoms with Gasteiger partial charge in [0.2, 0.25) is 0 Å². The van der Waals surface area contributed by atoms with Gasteiger partial charge in [-0.05, 0) is 57.1 Å². The summed E-state index contributed by atoms with van der Waals surface area (Å²) in [5.74, 6) is 1.08. The second-order valence-corrected chi connectivity index (χ2v) is 7.01. The highest BCUT2D eigenvalue weighted by molar-refractivity contribution is 5.92. The van der Waals surface area contributed by atoms with Crippen molar-refractivity contribution in [3.05, 3.63) is 46.8 Å². The number of nitrogens with zero attached hydrogens (tertiary/aromatic N) is 4. The van der Waals surface area contributed by atoms with Gasteiger partial charge in [0, 0.05) is 25.5 Å². The van der Waals surface area contributed by atoms with Gasteiger partial charge < -0.3 is 9.47 Å². The molecule has 0 saturated carbocycles. The number of aromatic nitrogens is 3. The molecule has 1 atom stereocenters. The Morgan fingerprint density at radius 3 is 2.79 bits per heavy atom. The number of amides is 1. The normalized spacial score (nSPS) is 20.2. The van der Waals surface area contributed by atoms with Gasteiger partial charge in [0.25, 0.3) is 5.91 Å². The fourth-order valence-electron chi connectivity index (χ4n) is 4.02. The SMILES string of the molecule is Cc1ccc(C(=O)N2CCCC2c2nc3c(n2C)CCCC3)nc1. The number of hydrogen-bond donors (Lipinski definition) is 0. The Morgan fingerprint density at radius 2 is 2.04 bits per heavy atom. The molecule has 0 bridgehead atoms. The maximum atomic E-state index is 12.9. The van der Waals surface area contributed by atoms with Gasteiger partial charge >= 0.3 is 0 Å². The average Bonchev–Trinajstić information content (AvgIpc) is 3.20. The average molecular weight is 324 g/mol. The minimum absolute atomic E-state index is 0.0264. The molecule has 0 aromatic carbocycles. The summed E-state index contributed by atoms with van der Waals surface area (Å²) in [5.41, 5.74) is 4.21. The van der Waals surface area contributed by atoms with E-state index in [1.807, 2.05) is 24.0 Å². The zero-order valence-electron chi connectivity index (χ0n) is 14.5. The van der Waals surface area contributed by atoms with Crippen LogP contribution in [0.3, 0.4) is 0 Å². The van der Waals surface area contributed by atoms with Gasteiger partial charge in [-0.25, -0.2) is 4.98 Å². The van der Waals surface area contributed by atoms with Gasteiger partial charge in [-0.2, -0.15) is 0 Å². The third kappa shape index (κ3) is 2.52. The molecule has 126 valence electrons. The summed E-state index contributed by atoms with van der Waals surface area (Å²) >= 11 is 0. The van der Waals surface area contributed by atoms with Crippen LogP contribution in [0.5, 0.6) is 0 Å². The van der Waals surface area contributed by atoms with Crippen molar-refractivity contribution in [2.75, 3.05) is 6.54 Å². The highest BCUT2D eigenvalue weighted by atomic mass is 16.2. The fraction of sp³-hybridized carbons (Fsp3) is 0.526. The second-order valence-electron chi connectivity index (χ2n) is 7.01. The van der Waals surface area contributed by atoms with Crippen LogP contribution in [0, 0.1) is 6.92 Å². The Kier molecular flexibility index (Phi) is 3.87. The Morgan fingerprint density at radius 1 is 1.21 bits per heavy atom. The number of rotatable bonds is 2. The van der Waals surface area contributed by atoms with Crippen LogP contribution in [0.4, 0.5) is 0 Å². The zero-order valence-corrected chi connectivity index (χ0v) is 14.5. The van der Waals surface area contributed by atoms with E-state index in [4.69, 9.17) is 4.98 Å². The van der Waals surface area contributed by atoms with Crippen LogP contribution in [0.2, 0.25) is 0 Å². The van der Waals surface area contributed by atoms with Crippen molar-refractivity contribution in [3.8, 4) is 0 Å². The number of pyridine rings is 1. The first-order valence-electron chi connectivity index (χ1n) is 8.93. The van der Waals surface area contributed by atoms with Crippen molar-refractivity contribution in [3.63, 3.8) is 0 Å². The Hall–Kier alpha value is -2.17. The van der Waals surface area contributed by atoms with Crippen molar-refractivity contribution in [2.45, 2.75) is 51.5 Å². The summed E-state index contributed by atoms with van der Waals surface area (Å²) in [6.07, 6.45) is 8.43. The fourth-order valence-corrected chi connectivity index (χ4v) is 4.02. The first kappa shape index (κ1) is 15.4. The topological polar surface area (TPSA) is 51.0 Å². The minimum atomic E-state index is 0.0264. The van der Waals surface area contributed by atoms with E-state index in [1.165, 1.54) is 24.2 Å². The highest BCUT2D eigenvalue weighted by Gasteiger charge is 2.35. The molecule has 2 aromatic heterocycles. The van der Waals surface area contributed by atoms with Crippen molar-refractivity contribution < 1.29 is 4.79 Å². The molecule has 0 N–H and O–H groups in total. The van der Waals surface area contributed by atoms with E-state index in [9.17, 15) is 4.79 Å². The van der Waals surface area contributed by atoms with Crippen LogP contribution in [-0.4, -0.2) is 31.9 Å². The first-order valence-corrected chi connectivity index (χ1v) is 8.93. The molecule has 2 aromatic rings. The van der Waals surface area contributed by atoms with E-state index in [1.54, 1.807) is 6.20 Å². The zero-order chi connectivity index (χ0) is 16.7. The van der Waals surface area contributed by atoms with Crippen LogP contribution in [0.25, 0.3) is 0 Å². The summed E-state index contributed by atoms with van der Waals surface area (Å²) in [7, 11) is 2.11. The molecule has 4 rings (SSSR count). The molecular weight excluding hydrogens is 300 g/mol. The Labute approximate surface area is 142 Å². The van der Waals surface area contributed by atoms with E-state index < -0.39 is 0 Å². The number of aryl methyl sites for hydroxylation is 2. The van der Waals surface area contributed by atoms with Gasteiger partial charge in [-0.15, -0.1) is 0 Å². The molecule has 1 amide bonds. The molecule has 5 heteroatoms. The summed E-state index contributed by atoms with van der Waals surface area (Å²) < 4.78 is 2.24. The number of imidazole rings is 1. The quantitative estimate of drug-likeness (QED) is 0.853.